The smallest absolute Gasteiger partial charge is 0.181 e. The monoisotopic (exact) mass is 265 g/mol. The third-order valence-corrected chi connectivity index (χ3v) is 3.52. The first-order valence-corrected chi connectivity index (χ1v) is 6.54. The average molecular weight is 265 g/mol. The predicted molar refractivity (Wildman–Crippen MR) is 77.8 cm³/mol. The van der Waals surface area contributed by atoms with Crippen LogP contribution in [0.4, 0.5) is 0 Å². The molecule has 4 heteroatoms. The second-order valence-corrected chi connectivity index (χ2v) is 4.88. The fourth-order valence-corrected chi connectivity index (χ4v) is 2.43. The van der Waals surface area contributed by atoms with Crippen LogP contribution in [-0.2, 0) is 6.54 Å². The van der Waals surface area contributed by atoms with Crippen LogP contribution in [0, 0.1) is 6.92 Å². The Labute approximate surface area is 117 Å². The number of fused-ring (bicyclic) bond motifs is 1. The molecule has 20 heavy (non-hydrogen) atoms. The van der Waals surface area contributed by atoms with Crippen LogP contribution in [0.1, 0.15) is 28.7 Å². The Morgan fingerprint density at radius 3 is 2.65 bits per heavy atom. The van der Waals surface area contributed by atoms with E-state index in [1.807, 2.05) is 25.1 Å². The molecule has 0 fully saturated rings. The molecule has 0 saturated heterocycles. The average Bonchev–Trinajstić information content (AvgIpc) is 2.81. The zero-order valence-electron chi connectivity index (χ0n) is 11.5. The van der Waals surface area contributed by atoms with Crippen molar-refractivity contribution in [3.05, 3.63) is 59.4 Å². The van der Waals surface area contributed by atoms with Crippen LogP contribution in [0.5, 0.6) is 0 Å². The van der Waals surface area contributed by atoms with Crippen LogP contribution < -0.4 is 0 Å². The summed E-state index contributed by atoms with van der Waals surface area (Å²) in [6, 6.07) is 14.5. The summed E-state index contributed by atoms with van der Waals surface area (Å²) in [7, 11) is 0. The number of rotatable bonds is 3. The Morgan fingerprint density at radius 1 is 1.15 bits per heavy atom. The number of ketones is 1. The highest BCUT2D eigenvalue weighted by atomic mass is 16.1. The van der Waals surface area contributed by atoms with Gasteiger partial charge in [0.2, 0.25) is 0 Å². The molecule has 3 aromatic rings. The fraction of sp³-hybridized carbons (Fsp3) is 0.188. The lowest BCUT2D eigenvalue weighted by atomic mass is 10.0. The van der Waals surface area contributed by atoms with Gasteiger partial charge in [0.1, 0.15) is 0 Å². The van der Waals surface area contributed by atoms with Gasteiger partial charge in [0, 0.05) is 6.92 Å². The molecule has 1 heterocycles. The Kier molecular flexibility index (Phi) is 3.06. The molecule has 4 nitrogen and oxygen atoms in total. The molecule has 0 bridgehead atoms. The van der Waals surface area contributed by atoms with Gasteiger partial charge in [0.05, 0.1) is 12.2 Å². The van der Waals surface area contributed by atoms with E-state index in [0.29, 0.717) is 12.2 Å². The fourth-order valence-electron chi connectivity index (χ4n) is 2.43. The summed E-state index contributed by atoms with van der Waals surface area (Å²) >= 11 is 0. The molecule has 3 rings (SSSR count). The molecule has 2 aromatic carbocycles. The minimum absolute atomic E-state index is 0.0494. The van der Waals surface area contributed by atoms with Crippen LogP contribution >= 0.6 is 0 Å². The maximum absolute atomic E-state index is 11.4. The van der Waals surface area contributed by atoms with Crippen molar-refractivity contribution in [1.82, 2.24) is 15.0 Å². The zero-order valence-corrected chi connectivity index (χ0v) is 11.5. The molecule has 0 N–H and O–H groups in total. The Bertz CT molecular complexity index is 784. The molecule has 0 saturated carbocycles. The molecular weight excluding hydrogens is 250 g/mol. The highest BCUT2D eigenvalue weighted by Crippen LogP contribution is 2.20. The number of aromatic nitrogens is 3. The quantitative estimate of drug-likeness (QED) is 0.684. The van der Waals surface area contributed by atoms with E-state index < -0.39 is 0 Å². The van der Waals surface area contributed by atoms with E-state index in [2.05, 4.69) is 34.6 Å². The molecule has 0 atom stereocenters. The van der Waals surface area contributed by atoms with Gasteiger partial charge in [-0.1, -0.05) is 47.7 Å². The van der Waals surface area contributed by atoms with Crippen molar-refractivity contribution in [2.45, 2.75) is 20.4 Å². The lowest BCUT2D eigenvalue weighted by Gasteiger charge is -2.07. The number of carbonyl (C=O) groups is 1. The van der Waals surface area contributed by atoms with Gasteiger partial charge in [-0.2, -0.15) is 0 Å². The molecule has 0 unspecified atom stereocenters. The minimum atomic E-state index is -0.0494. The van der Waals surface area contributed by atoms with Crippen LogP contribution in [0.3, 0.4) is 0 Å². The summed E-state index contributed by atoms with van der Waals surface area (Å²) < 4.78 is 1.78. The van der Waals surface area contributed by atoms with Crippen LogP contribution in [0.2, 0.25) is 0 Å². The first-order chi connectivity index (χ1) is 9.66. The van der Waals surface area contributed by atoms with E-state index in [9.17, 15) is 4.79 Å². The number of hydrogen-bond acceptors (Lipinski definition) is 3. The van der Waals surface area contributed by atoms with Crippen molar-refractivity contribution in [3.8, 4) is 0 Å². The topological polar surface area (TPSA) is 47.8 Å². The van der Waals surface area contributed by atoms with Gasteiger partial charge in [0.25, 0.3) is 0 Å². The lowest BCUT2D eigenvalue weighted by molar-refractivity contribution is 0.101. The van der Waals surface area contributed by atoms with Gasteiger partial charge in [-0.25, -0.2) is 4.68 Å². The summed E-state index contributed by atoms with van der Waals surface area (Å²) in [4.78, 5) is 11.4. The Balaban J connectivity index is 2.04. The minimum Gasteiger partial charge on any atom is -0.293 e. The van der Waals surface area contributed by atoms with Gasteiger partial charge in [-0.3, -0.25) is 4.79 Å². The van der Waals surface area contributed by atoms with E-state index in [1.165, 1.54) is 23.3 Å². The molecular formula is C16H15N3O. The van der Waals surface area contributed by atoms with Gasteiger partial charge in [-0.05, 0) is 23.3 Å². The number of benzene rings is 2. The first-order valence-electron chi connectivity index (χ1n) is 6.54. The van der Waals surface area contributed by atoms with Crippen molar-refractivity contribution >= 4 is 16.6 Å². The van der Waals surface area contributed by atoms with Crippen molar-refractivity contribution in [3.63, 3.8) is 0 Å². The lowest BCUT2D eigenvalue weighted by Crippen LogP contribution is -2.05. The SMILES string of the molecule is CC(=O)c1nnn(Cc2cccc3ccccc23)c1C. The maximum atomic E-state index is 11.4. The van der Waals surface area contributed by atoms with Crippen LogP contribution in [0.25, 0.3) is 10.8 Å². The predicted octanol–water partition coefficient (Wildman–Crippen LogP) is 2.99. The van der Waals surface area contributed by atoms with Gasteiger partial charge < -0.3 is 0 Å². The maximum Gasteiger partial charge on any atom is 0.181 e. The summed E-state index contributed by atoms with van der Waals surface area (Å²) in [6.45, 7) is 4.01. The standard InChI is InChI=1S/C16H15N3O/c1-11-16(12(2)20)17-18-19(11)10-14-8-5-7-13-6-3-4-9-15(13)14/h3-9H,10H2,1-2H3. The molecule has 0 aliphatic heterocycles. The van der Waals surface area contributed by atoms with E-state index >= 15 is 0 Å². The van der Waals surface area contributed by atoms with Crippen molar-refractivity contribution in [2.24, 2.45) is 0 Å². The highest BCUT2D eigenvalue weighted by Gasteiger charge is 2.13. The second-order valence-electron chi connectivity index (χ2n) is 4.88. The second kappa shape index (κ2) is 4.89. The number of hydrogen-bond donors (Lipinski definition) is 0. The molecule has 0 amide bonds. The summed E-state index contributed by atoms with van der Waals surface area (Å²) in [6.07, 6.45) is 0. The normalized spacial score (nSPS) is 10.9. The number of carbonyl (C=O) groups excluding carboxylic acids is 1. The first kappa shape index (κ1) is 12.5. The van der Waals surface area contributed by atoms with E-state index in [1.54, 1.807) is 4.68 Å². The van der Waals surface area contributed by atoms with Gasteiger partial charge in [0.15, 0.2) is 11.5 Å². The van der Waals surface area contributed by atoms with Crippen molar-refractivity contribution < 1.29 is 4.79 Å². The summed E-state index contributed by atoms with van der Waals surface area (Å²) in [5.41, 5.74) is 2.43. The Hall–Kier alpha value is -2.49. The third kappa shape index (κ3) is 2.09. The molecule has 0 spiro atoms. The van der Waals surface area contributed by atoms with E-state index in [4.69, 9.17) is 0 Å². The van der Waals surface area contributed by atoms with E-state index in [0.717, 1.165) is 5.69 Å². The number of Topliss-reactive ketones (excluding diaryl/α,β-unsaturated/α-hetero) is 1. The summed E-state index contributed by atoms with van der Waals surface area (Å²) in [5.74, 6) is -0.0494. The molecule has 1 aromatic heterocycles. The van der Waals surface area contributed by atoms with Gasteiger partial charge >= 0.3 is 0 Å². The number of nitrogens with zero attached hydrogens (tertiary/aromatic N) is 3. The summed E-state index contributed by atoms with van der Waals surface area (Å²) in [5, 5.41) is 10.4. The zero-order chi connectivity index (χ0) is 14.1. The largest absolute Gasteiger partial charge is 0.293 e. The molecule has 0 aliphatic carbocycles. The highest BCUT2D eigenvalue weighted by molar-refractivity contribution is 5.93. The van der Waals surface area contributed by atoms with Crippen LogP contribution in [-0.4, -0.2) is 20.8 Å². The molecule has 100 valence electrons. The van der Waals surface area contributed by atoms with Crippen molar-refractivity contribution in [2.75, 3.05) is 0 Å². The van der Waals surface area contributed by atoms with E-state index in [-0.39, 0.29) is 5.78 Å². The third-order valence-electron chi connectivity index (χ3n) is 3.52. The molecule has 0 aliphatic rings. The Morgan fingerprint density at radius 2 is 1.90 bits per heavy atom. The molecule has 0 radical (unpaired) electrons. The van der Waals surface area contributed by atoms with Crippen molar-refractivity contribution in [1.29, 1.82) is 0 Å². The van der Waals surface area contributed by atoms with Crippen LogP contribution in [0.15, 0.2) is 42.5 Å². The van der Waals surface area contributed by atoms with Gasteiger partial charge in [-0.15, -0.1) is 5.10 Å².